The molecule has 0 unspecified atom stereocenters. The number of nitrogens with one attached hydrogen (secondary N) is 1. The van der Waals surface area contributed by atoms with Crippen molar-refractivity contribution in [2.24, 2.45) is 4.99 Å². The number of para-hydroxylation sites is 1. The van der Waals surface area contributed by atoms with Gasteiger partial charge in [0.25, 0.3) is 5.91 Å². The molecule has 1 amide bonds. The Bertz CT molecular complexity index is 1010. The van der Waals surface area contributed by atoms with Crippen LogP contribution in [0.25, 0.3) is 0 Å². The predicted molar refractivity (Wildman–Crippen MR) is 107 cm³/mol. The molecule has 4 nitrogen and oxygen atoms in total. The predicted octanol–water partition coefficient (Wildman–Crippen LogP) is 5.97. The molecule has 1 aliphatic rings. The van der Waals surface area contributed by atoms with Gasteiger partial charge in [-0.1, -0.05) is 39.7 Å². The van der Waals surface area contributed by atoms with Gasteiger partial charge in [0.1, 0.15) is 17.2 Å². The Morgan fingerprint density at radius 2 is 1.58 bits per heavy atom. The van der Waals surface area contributed by atoms with E-state index in [1.54, 1.807) is 24.3 Å². The summed E-state index contributed by atoms with van der Waals surface area (Å²) in [6, 6.07) is 20.2. The third-order valence-corrected chi connectivity index (χ3v) is 4.69. The van der Waals surface area contributed by atoms with Crippen molar-refractivity contribution < 1.29 is 9.53 Å². The highest BCUT2D eigenvalue weighted by atomic mass is 79.9. The third-order valence-electron chi connectivity index (χ3n) is 3.85. The van der Waals surface area contributed by atoms with Crippen molar-refractivity contribution in [1.29, 1.82) is 0 Å². The lowest BCUT2D eigenvalue weighted by Crippen LogP contribution is -2.13. The highest BCUT2D eigenvalue weighted by Gasteiger charge is 2.27. The summed E-state index contributed by atoms with van der Waals surface area (Å²) in [5.74, 6) is 1.17. The van der Waals surface area contributed by atoms with Crippen LogP contribution in [0.5, 0.6) is 11.5 Å². The van der Waals surface area contributed by atoms with Crippen molar-refractivity contribution in [3.8, 4) is 11.5 Å². The fraction of sp³-hybridized carbons (Fsp3) is 0. The molecule has 0 fully saturated rings. The summed E-state index contributed by atoms with van der Waals surface area (Å²) < 4.78 is 6.78. The van der Waals surface area contributed by atoms with Crippen LogP contribution in [0.3, 0.4) is 0 Å². The van der Waals surface area contributed by atoms with E-state index in [4.69, 9.17) is 16.3 Å². The maximum Gasteiger partial charge on any atom is 0.275 e. The van der Waals surface area contributed by atoms with Crippen molar-refractivity contribution in [1.82, 2.24) is 0 Å². The van der Waals surface area contributed by atoms with Gasteiger partial charge in [-0.15, -0.1) is 0 Å². The number of hydrogen-bond acceptors (Lipinski definition) is 3. The van der Waals surface area contributed by atoms with Crippen LogP contribution in [0, 0.1) is 0 Å². The van der Waals surface area contributed by atoms with Crippen molar-refractivity contribution in [3.05, 3.63) is 81.8 Å². The minimum absolute atomic E-state index is 0.261. The molecule has 1 N–H and O–H groups in total. The molecule has 0 spiro atoms. The van der Waals surface area contributed by atoms with Crippen LogP contribution < -0.4 is 10.1 Å². The van der Waals surface area contributed by atoms with Gasteiger partial charge in [0.05, 0.1) is 16.4 Å². The van der Waals surface area contributed by atoms with Gasteiger partial charge in [0, 0.05) is 10.0 Å². The molecule has 0 saturated heterocycles. The molecule has 1 heterocycles. The molecule has 0 radical (unpaired) electrons. The Labute approximate surface area is 163 Å². The second-order valence-corrected chi connectivity index (χ2v) is 6.95. The number of anilines is 1. The van der Waals surface area contributed by atoms with E-state index in [-0.39, 0.29) is 5.91 Å². The van der Waals surface area contributed by atoms with Crippen LogP contribution in [0.15, 0.2) is 76.2 Å². The number of nitrogens with zero attached hydrogens (tertiary/aromatic N) is 1. The van der Waals surface area contributed by atoms with Crippen LogP contribution >= 0.6 is 27.5 Å². The quantitative estimate of drug-likeness (QED) is 0.560. The topological polar surface area (TPSA) is 50.7 Å². The van der Waals surface area contributed by atoms with E-state index >= 15 is 0 Å². The SMILES string of the molecule is O=C1Nc2c(Cl)cccc2C1=Nc1ccc(Oc2ccc(Br)cc2)cc1. The van der Waals surface area contributed by atoms with E-state index in [0.29, 0.717) is 33.4 Å². The average molecular weight is 428 g/mol. The van der Waals surface area contributed by atoms with Crippen LogP contribution in [-0.4, -0.2) is 11.6 Å². The van der Waals surface area contributed by atoms with Gasteiger partial charge in [-0.2, -0.15) is 0 Å². The minimum Gasteiger partial charge on any atom is -0.457 e. The summed E-state index contributed by atoms with van der Waals surface area (Å²) in [5.41, 5.74) is 2.32. The van der Waals surface area contributed by atoms with Crippen molar-refractivity contribution >= 4 is 50.5 Å². The van der Waals surface area contributed by atoms with E-state index in [0.717, 1.165) is 10.2 Å². The second kappa shape index (κ2) is 6.94. The molecule has 3 aromatic rings. The van der Waals surface area contributed by atoms with E-state index in [9.17, 15) is 4.79 Å². The molecule has 4 rings (SSSR count). The minimum atomic E-state index is -0.261. The molecule has 128 valence electrons. The maximum atomic E-state index is 12.2. The average Bonchev–Trinajstić information content (AvgIpc) is 2.96. The van der Waals surface area contributed by atoms with E-state index in [2.05, 4.69) is 26.2 Å². The number of carbonyl (C=O) groups excluding carboxylic acids is 1. The van der Waals surface area contributed by atoms with Crippen LogP contribution in [0.4, 0.5) is 11.4 Å². The molecule has 3 aromatic carbocycles. The lowest BCUT2D eigenvalue weighted by molar-refractivity contribution is -0.110. The number of halogens is 2. The molecular formula is C20H12BrClN2O2. The lowest BCUT2D eigenvalue weighted by atomic mass is 10.1. The van der Waals surface area contributed by atoms with Gasteiger partial charge in [0.2, 0.25) is 0 Å². The first-order valence-corrected chi connectivity index (χ1v) is 9.00. The molecule has 6 heteroatoms. The number of carbonyl (C=O) groups is 1. The number of hydrogen-bond donors (Lipinski definition) is 1. The normalized spacial score (nSPS) is 14.2. The Hall–Kier alpha value is -2.63. The monoisotopic (exact) mass is 426 g/mol. The zero-order valence-electron chi connectivity index (χ0n) is 13.4. The fourth-order valence-electron chi connectivity index (χ4n) is 2.61. The van der Waals surface area contributed by atoms with Crippen LogP contribution in [-0.2, 0) is 4.79 Å². The first kappa shape index (κ1) is 16.8. The molecule has 0 saturated carbocycles. The third kappa shape index (κ3) is 3.36. The standard InChI is InChI=1S/C20H12BrClN2O2/c21-12-4-8-14(9-5-12)26-15-10-6-13(7-11-15)23-19-16-2-1-3-17(22)18(16)24-20(19)25/h1-11H,(H,23,24,25). The maximum absolute atomic E-state index is 12.2. The lowest BCUT2D eigenvalue weighted by Gasteiger charge is -2.06. The first-order valence-electron chi connectivity index (χ1n) is 7.82. The highest BCUT2D eigenvalue weighted by molar-refractivity contribution is 9.10. The van der Waals surface area contributed by atoms with Gasteiger partial charge >= 0.3 is 0 Å². The van der Waals surface area contributed by atoms with Crippen LogP contribution in [0.2, 0.25) is 5.02 Å². The van der Waals surface area contributed by atoms with Gasteiger partial charge in [-0.05, 0) is 54.6 Å². The molecule has 1 aliphatic heterocycles. The largest absolute Gasteiger partial charge is 0.457 e. The number of benzene rings is 3. The van der Waals surface area contributed by atoms with E-state index < -0.39 is 0 Å². The van der Waals surface area contributed by atoms with E-state index in [1.807, 2.05) is 42.5 Å². The molecule has 26 heavy (non-hydrogen) atoms. The summed E-state index contributed by atoms with van der Waals surface area (Å²) in [6.07, 6.45) is 0. The van der Waals surface area contributed by atoms with Gasteiger partial charge in [0.15, 0.2) is 0 Å². The number of rotatable bonds is 3. The molecule has 0 bridgehead atoms. The first-order chi connectivity index (χ1) is 12.6. The Morgan fingerprint density at radius 3 is 2.27 bits per heavy atom. The zero-order chi connectivity index (χ0) is 18.1. The van der Waals surface area contributed by atoms with Crippen molar-refractivity contribution in [2.75, 3.05) is 5.32 Å². The Morgan fingerprint density at radius 1 is 0.923 bits per heavy atom. The van der Waals surface area contributed by atoms with Gasteiger partial charge < -0.3 is 10.1 Å². The number of ether oxygens (including phenoxy) is 1. The summed E-state index contributed by atoms with van der Waals surface area (Å²) in [5, 5.41) is 3.25. The zero-order valence-corrected chi connectivity index (χ0v) is 15.7. The van der Waals surface area contributed by atoms with Gasteiger partial charge in [-0.25, -0.2) is 4.99 Å². The molecule has 0 aromatic heterocycles. The summed E-state index contributed by atoms with van der Waals surface area (Å²) in [7, 11) is 0. The number of amides is 1. The smallest absolute Gasteiger partial charge is 0.275 e. The fourth-order valence-corrected chi connectivity index (χ4v) is 3.10. The van der Waals surface area contributed by atoms with E-state index in [1.165, 1.54) is 0 Å². The Balaban J connectivity index is 1.58. The molecular weight excluding hydrogens is 416 g/mol. The highest BCUT2D eigenvalue weighted by Crippen LogP contribution is 2.32. The molecule has 0 atom stereocenters. The van der Waals surface area contributed by atoms with Gasteiger partial charge in [-0.3, -0.25) is 4.79 Å². The Kier molecular flexibility index (Phi) is 4.49. The number of fused-ring (bicyclic) bond motifs is 1. The summed E-state index contributed by atoms with van der Waals surface area (Å²) in [4.78, 5) is 16.7. The molecule has 0 aliphatic carbocycles. The van der Waals surface area contributed by atoms with Crippen molar-refractivity contribution in [2.45, 2.75) is 0 Å². The summed E-state index contributed by atoms with van der Waals surface area (Å²) >= 11 is 9.51. The number of aliphatic imine (C=N–C) groups is 1. The second-order valence-electron chi connectivity index (χ2n) is 5.63. The van der Waals surface area contributed by atoms with Crippen LogP contribution in [0.1, 0.15) is 5.56 Å². The summed E-state index contributed by atoms with van der Waals surface area (Å²) in [6.45, 7) is 0. The van der Waals surface area contributed by atoms with Crippen molar-refractivity contribution in [3.63, 3.8) is 0 Å².